The fraction of sp³-hybridized carbons (Fsp3) is 0.500. The molecule has 10 heteroatoms. The number of benzene rings is 2. The fourth-order valence-corrected chi connectivity index (χ4v) is 5.60. The predicted octanol–water partition coefficient (Wildman–Crippen LogP) is 4.22. The normalized spacial score (nSPS) is 22.1. The van der Waals surface area contributed by atoms with E-state index in [0.29, 0.717) is 36.1 Å². The number of carbonyl (C=O) groups is 2. The van der Waals surface area contributed by atoms with Crippen molar-refractivity contribution in [2.24, 2.45) is 0 Å². The maximum atomic E-state index is 15.0. The van der Waals surface area contributed by atoms with Crippen molar-refractivity contribution in [1.29, 1.82) is 5.41 Å². The minimum absolute atomic E-state index is 0.0341. The lowest BCUT2D eigenvalue weighted by atomic mass is 9.85. The van der Waals surface area contributed by atoms with Crippen molar-refractivity contribution in [2.45, 2.75) is 82.7 Å². The summed E-state index contributed by atoms with van der Waals surface area (Å²) in [5, 5.41) is 25.8. The van der Waals surface area contributed by atoms with E-state index >= 15 is 4.39 Å². The second-order valence-electron chi connectivity index (χ2n) is 11.1. The molecule has 2 amide bonds. The third-order valence-corrected chi connectivity index (χ3v) is 8.15. The average Bonchev–Trinajstić information content (AvgIpc) is 2.91. The first kappa shape index (κ1) is 29.5. The number of guanidine groups is 1. The molecule has 2 aromatic carbocycles. The number of hydrogen-bond acceptors (Lipinski definition) is 6. The van der Waals surface area contributed by atoms with E-state index < -0.39 is 41.1 Å². The number of nitrogens with one attached hydrogen (secondary N) is 3. The molecule has 1 fully saturated rings. The number of amides is 2. The van der Waals surface area contributed by atoms with Gasteiger partial charge in [0.05, 0.1) is 18.5 Å². The Kier molecular flexibility index (Phi) is 8.51. The topological polar surface area (TPSA) is 124 Å². The highest BCUT2D eigenvalue weighted by molar-refractivity contribution is 6.00. The Balaban J connectivity index is 1.66. The van der Waals surface area contributed by atoms with Gasteiger partial charge in [0.15, 0.2) is 5.96 Å². The minimum atomic E-state index is -1.07. The highest BCUT2D eigenvalue weighted by Crippen LogP contribution is 2.40. The number of hydrogen-bond donors (Lipinski definition) is 4. The van der Waals surface area contributed by atoms with Gasteiger partial charge in [0.25, 0.3) is 5.91 Å². The molecule has 0 aromatic heterocycles. The number of methoxy groups -OCH3 is 1. The van der Waals surface area contributed by atoms with Crippen LogP contribution in [0.1, 0.15) is 86.9 Å². The molecule has 0 saturated carbocycles. The van der Waals surface area contributed by atoms with E-state index in [-0.39, 0.29) is 30.5 Å². The van der Waals surface area contributed by atoms with Gasteiger partial charge in [-0.2, -0.15) is 0 Å². The molecule has 4 N–H and O–H groups in total. The van der Waals surface area contributed by atoms with Crippen molar-refractivity contribution in [3.63, 3.8) is 0 Å². The summed E-state index contributed by atoms with van der Waals surface area (Å²) in [4.78, 5) is 28.2. The van der Waals surface area contributed by atoms with Gasteiger partial charge in [-0.05, 0) is 62.9 Å². The fourth-order valence-electron chi connectivity index (χ4n) is 5.60. The first-order valence-electron chi connectivity index (χ1n) is 13.7. The van der Waals surface area contributed by atoms with Crippen molar-refractivity contribution < 1.29 is 28.6 Å². The number of nitrogens with zero attached hydrogens (tertiary/aromatic N) is 1. The van der Waals surface area contributed by atoms with Gasteiger partial charge in [0.1, 0.15) is 23.3 Å². The van der Waals surface area contributed by atoms with Crippen LogP contribution in [0, 0.1) is 11.2 Å². The van der Waals surface area contributed by atoms with Crippen LogP contribution in [-0.2, 0) is 9.53 Å². The second-order valence-corrected chi connectivity index (χ2v) is 11.1. The van der Waals surface area contributed by atoms with Crippen LogP contribution < -0.4 is 15.4 Å². The van der Waals surface area contributed by atoms with Crippen molar-refractivity contribution in [3.05, 3.63) is 65.0 Å². The SMILES string of the molecule is CCC1(CC)CC(=O)N(C(CCOC)c2cc(F)cc(C(=O)NC3c4ccccc4OC(C)(C)C3O)c2)C(=N)N1. The van der Waals surface area contributed by atoms with Crippen LogP contribution in [0.25, 0.3) is 0 Å². The molecule has 2 aliphatic rings. The number of carbonyl (C=O) groups excluding carboxylic acids is 2. The number of aliphatic hydroxyl groups is 1. The summed E-state index contributed by atoms with van der Waals surface area (Å²) in [6.45, 7) is 7.67. The van der Waals surface area contributed by atoms with E-state index in [1.165, 1.54) is 24.1 Å². The Morgan fingerprint density at radius 3 is 2.62 bits per heavy atom. The standard InChI is InChI=1S/C30H39FN4O5/c1-6-30(7-2)17-24(36)35(28(32)34-30)22(12-13-39-5)18-14-19(16-20(31)15-18)27(38)33-25-21-10-8-9-11-23(21)40-29(3,4)26(25)37/h8-11,14-16,22,25-26,37H,6-7,12-13,17H2,1-5H3,(H2,32,34)(H,33,38). The van der Waals surface area contributed by atoms with Gasteiger partial charge < -0.3 is 25.2 Å². The Hall–Kier alpha value is -3.50. The molecule has 40 heavy (non-hydrogen) atoms. The summed E-state index contributed by atoms with van der Waals surface area (Å²) in [5.74, 6) is -0.989. The summed E-state index contributed by atoms with van der Waals surface area (Å²) in [6, 6.07) is 9.55. The highest BCUT2D eigenvalue weighted by atomic mass is 19.1. The van der Waals surface area contributed by atoms with Crippen molar-refractivity contribution in [1.82, 2.24) is 15.5 Å². The molecule has 2 aromatic rings. The van der Waals surface area contributed by atoms with Gasteiger partial charge in [-0.3, -0.25) is 19.9 Å². The Morgan fingerprint density at radius 2 is 1.98 bits per heavy atom. The molecule has 4 rings (SSSR count). The summed E-state index contributed by atoms with van der Waals surface area (Å²) < 4.78 is 26.2. The van der Waals surface area contributed by atoms with Gasteiger partial charge in [-0.1, -0.05) is 32.0 Å². The monoisotopic (exact) mass is 554 g/mol. The highest BCUT2D eigenvalue weighted by Gasteiger charge is 2.44. The van der Waals surface area contributed by atoms with E-state index in [1.807, 2.05) is 19.9 Å². The van der Waals surface area contributed by atoms with Gasteiger partial charge >= 0.3 is 0 Å². The number of para-hydroxylation sites is 1. The first-order chi connectivity index (χ1) is 18.9. The molecule has 0 radical (unpaired) electrons. The van der Waals surface area contributed by atoms with Gasteiger partial charge in [0, 0.05) is 30.4 Å². The molecule has 216 valence electrons. The van der Waals surface area contributed by atoms with Crippen molar-refractivity contribution in [2.75, 3.05) is 13.7 Å². The number of ether oxygens (including phenoxy) is 2. The van der Waals surface area contributed by atoms with Crippen LogP contribution in [0.2, 0.25) is 0 Å². The lowest BCUT2D eigenvalue weighted by Crippen LogP contribution is -2.62. The van der Waals surface area contributed by atoms with Crippen LogP contribution >= 0.6 is 0 Å². The average molecular weight is 555 g/mol. The van der Waals surface area contributed by atoms with Crippen molar-refractivity contribution >= 4 is 17.8 Å². The summed E-state index contributed by atoms with van der Waals surface area (Å²) in [7, 11) is 1.53. The third kappa shape index (κ3) is 5.69. The maximum Gasteiger partial charge on any atom is 0.251 e. The van der Waals surface area contributed by atoms with E-state index in [1.54, 1.807) is 32.0 Å². The molecule has 0 aliphatic carbocycles. The Morgan fingerprint density at radius 1 is 1.27 bits per heavy atom. The van der Waals surface area contributed by atoms with Crippen LogP contribution in [0.4, 0.5) is 4.39 Å². The van der Waals surface area contributed by atoms with Crippen LogP contribution in [0.15, 0.2) is 42.5 Å². The second kappa shape index (κ2) is 11.5. The Bertz CT molecular complexity index is 1260. The van der Waals surface area contributed by atoms with E-state index in [9.17, 15) is 14.7 Å². The van der Waals surface area contributed by atoms with E-state index in [4.69, 9.17) is 14.9 Å². The lowest BCUT2D eigenvalue weighted by Gasteiger charge is -2.45. The quantitative estimate of drug-likeness (QED) is 0.368. The number of fused-ring (bicyclic) bond motifs is 1. The van der Waals surface area contributed by atoms with Crippen LogP contribution in [0.3, 0.4) is 0 Å². The Labute approximate surface area is 234 Å². The third-order valence-electron chi connectivity index (χ3n) is 8.15. The number of aliphatic hydroxyl groups excluding tert-OH is 1. The lowest BCUT2D eigenvalue weighted by molar-refractivity contribution is -0.133. The molecule has 9 nitrogen and oxygen atoms in total. The molecule has 1 saturated heterocycles. The van der Waals surface area contributed by atoms with Gasteiger partial charge in [-0.15, -0.1) is 0 Å². The molecule has 0 spiro atoms. The molecule has 3 atom stereocenters. The minimum Gasteiger partial charge on any atom is -0.485 e. The van der Waals surface area contributed by atoms with E-state index in [0.717, 1.165) is 6.07 Å². The molecule has 0 bridgehead atoms. The number of halogens is 1. The first-order valence-corrected chi connectivity index (χ1v) is 13.7. The zero-order valence-electron chi connectivity index (χ0n) is 23.7. The van der Waals surface area contributed by atoms with Crippen molar-refractivity contribution in [3.8, 4) is 5.75 Å². The van der Waals surface area contributed by atoms with Crippen LogP contribution in [-0.4, -0.2) is 58.7 Å². The van der Waals surface area contributed by atoms with Crippen LogP contribution in [0.5, 0.6) is 5.75 Å². The molecule has 3 unspecified atom stereocenters. The zero-order chi connectivity index (χ0) is 29.2. The number of rotatable bonds is 9. The molecule has 2 heterocycles. The summed E-state index contributed by atoms with van der Waals surface area (Å²) >= 11 is 0. The molecule has 2 aliphatic heterocycles. The van der Waals surface area contributed by atoms with Gasteiger partial charge in [-0.25, -0.2) is 4.39 Å². The molecular formula is C30H39FN4O5. The summed E-state index contributed by atoms with van der Waals surface area (Å²) in [5.41, 5.74) is -0.453. The van der Waals surface area contributed by atoms with E-state index in [2.05, 4.69) is 10.6 Å². The van der Waals surface area contributed by atoms with Gasteiger partial charge in [0.2, 0.25) is 5.91 Å². The maximum absolute atomic E-state index is 15.0. The smallest absolute Gasteiger partial charge is 0.251 e. The summed E-state index contributed by atoms with van der Waals surface area (Å²) in [6.07, 6.45) is 0.782. The zero-order valence-corrected chi connectivity index (χ0v) is 23.7. The molecular weight excluding hydrogens is 515 g/mol. The largest absolute Gasteiger partial charge is 0.485 e. The predicted molar refractivity (Wildman–Crippen MR) is 149 cm³/mol.